The van der Waals surface area contributed by atoms with Crippen LogP contribution in [0, 0.1) is 0 Å². The van der Waals surface area contributed by atoms with E-state index >= 15 is 0 Å². The Morgan fingerprint density at radius 1 is 1.00 bits per heavy atom. The maximum Gasteiger partial charge on any atom is 0.415 e. The zero-order chi connectivity index (χ0) is 17.6. The van der Waals surface area contributed by atoms with Crippen LogP contribution in [0.15, 0.2) is 24.3 Å². The van der Waals surface area contributed by atoms with Gasteiger partial charge in [0, 0.05) is 37.3 Å². The van der Waals surface area contributed by atoms with Gasteiger partial charge in [0.25, 0.3) is 0 Å². The number of carbonyl (C=O) groups is 1. The van der Waals surface area contributed by atoms with Gasteiger partial charge in [-0.05, 0) is 32.0 Å². The van der Waals surface area contributed by atoms with Crippen LogP contribution >= 0.6 is 0 Å². The highest BCUT2D eigenvalue weighted by atomic mass is 16.7. The first-order chi connectivity index (χ1) is 12.7. The van der Waals surface area contributed by atoms with Crippen LogP contribution in [0.25, 0.3) is 0 Å². The number of carbonyl (C=O) groups excluding carboxylic acids is 1. The molecule has 1 aliphatic carbocycles. The summed E-state index contributed by atoms with van der Waals surface area (Å²) >= 11 is 0. The lowest BCUT2D eigenvalue weighted by Gasteiger charge is -2.48. The summed E-state index contributed by atoms with van der Waals surface area (Å²) in [5.41, 5.74) is 1.72. The monoisotopic (exact) mass is 358 g/mol. The number of piperidine rings is 1. The second-order valence-corrected chi connectivity index (χ2v) is 7.84. The molecule has 0 bridgehead atoms. The molecule has 26 heavy (non-hydrogen) atoms. The van der Waals surface area contributed by atoms with E-state index in [1.807, 2.05) is 11.0 Å². The van der Waals surface area contributed by atoms with Gasteiger partial charge >= 0.3 is 6.09 Å². The van der Waals surface area contributed by atoms with Gasteiger partial charge in [-0.1, -0.05) is 18.2 Å². The molecule has 6 nitrogen and oxygen atoms in total. The lowest BCUT2D eigenvalue weighted by Crippen LogP contribution is -2.54. The molecule has 2 saturated heterocycles. The van der Waals surface area contributed by atoms with Crippen molar-refractivity contribution in [1.29, 1.82) is 0 Å². The molecular weight excluding hydrogens is 332 g/mol. The summed E-state index contributed by atoms with van der Waals surface area (Å²) in [6.07, 6.45) is 4.88. The summed E-state index contributed by atoms with van der Waals surface area (Å²) in [6.45, 7) is 3.11. The van der Waals surface area contributed by atoms with Crippen molar-refractivity contribution in [3.8, 4) is 0 Å². The van der Waals surface area contributed by atoms with Gasteiger partial charge in [-0.25, -0.2) is 4.79 Å². The number of benzene rings is 1. The fraction of sp³-hybridized carbons (Fsp3) is 0.650. The molecule has 3 fully saturated rings. The Hall–Kier alpha value is -1.63. The van der Waals surface area contributed by atoms with E-state index < -0.39 is 11.4 Å². The van der Waals surface area contributed by atoms with Crippen LogP contribution in [0.1, 0.15) is 44.1 Å². The zero-order valence-electron chi connectivity index (χ0n) is 15.0. The van der Waals surface area contributed by atoms with Crippen LogP contribution < -0.4 is 10.2 Å². The molecule has 3 heterocycles. The summed E-state index contributed by atoms with van der Waals surface area (Å²) in [7, 11) is 0. The van der Waals surface area contributed by atoms with E-state index in [2.05, 4.69) is 23.5 Å². The Morgan fingerprint density at radius 3 is 2.42 bits per heavy atom. The molecule has 0 aromatic heterocycles. The van der Waals surface area contributed by atoms with Gasteiger partial charge in [0.1, 0.15) is 5.60 Å². The second kappa shape index (κ2) is 6.22. The first-order valence-corrected chi connectivity index (χ1v) is 9.82. The molecule has 0 unspecified atom stereocenters. The van der Waals surface area contributed by atoms with Crippen molar-refractivity contribution in [3.63, 3.8) is 0 Å². The Morgan fingerprint density at radius 2 is 1.69 bits per heavy atom. The van der Waals surface area contributed by atoms with Crippen LogP contribution in [-0.4, -0.2) is 44.2 Å². The minimum atomic E-state index is -0.469. The van der Waals surface area contributed by atoms with Gasteiger partial charge < -0.3 is 19.5 Å². The molecule has 5 rings (SSSR count). The smallest absolute Gasteiger partial charge is 0.415 e. The predicted octanol–water partition coefficient (Wildman–Crippen LogP) is 2.91. The van der Waals surface area contributed by atoms with Crippen molar-refractivity contribution in [2.75, 3.05) is 31.2 Å². The second-order valence-electron chi connectivity index (χ2n) is 7.84. The molecule has 1 aromatic rings. The predicted molar refractivity (Wildman–Crippen MR) is 96.1 cm³/mol. The topological polar surface area (TPSA) is 60.0 Å². The van der Waals surface area contributed by atoms with E-state index in [-0.39, 0.29) is 12.1 Å². The lowest BCUT2D eigenvalue weighted by molar-refractivity contribution is -0.178. The standard InChI is InChI=1S/C20H26N2O4/c23-18-22(15-5-7-20(8-6-15)24-13-14-25-20)17-4-2-1-3-16(17)19(26-18)9-11-21-12-10-19/h1-4,15,21H,5-14H2. The molecule has 4 aliphatic rings. The highest BCUT2D eigenvalue weighted by Gasteiger charge is 2.49. The number of amides is 1. The highest BCUT2D eigenvalue weighted by molar-refractivity contribution is 5.92. The third kappa shape index (κ3) is 2.54. The zero-order valence-corrected chi connectivity index (χ0v) is 15.0. The molecule has 0 radical (unpaired) electrons. The molecule has 140 valence electrons. The Kier molecular flexibility index (Phi) is 3.95. The van der Waals surface area contributed by atoms with Crippen molar-refractivity contribution >= 4 is 11.8 Å². The van der Waals surface area contributed by atoms with Crippen LogP contribution in [-0.2, 0) is 19.8 Å². The summed E-state index contributed by atoms with van der Waals surface area (Å²) in [5.74, 6) is -0.411. The highest BCUT2D eigenvalue weighted by Crippen LogP contribution is 2.47. The van der Waals surface area contributed by atoms with E-state index in [4.69, 9.17) is 14.2 Å². The van der Waals surface area contributed by atoms with Gasteiger partial charge in [0.2, 0.25) is 0 Å². The first-order valence-electron chi connectivity index (χ1n) is 9.82. The van der Waals surface area contributed by atoms with Crippen molar-refractivity contribution in [3.05, 3.63) is 29.8 Å². The normalized spacial score (nSPS) is 27.5. The SMILES string of the molecule is O=C1OC2(CCNCC2)c2ccccc2N1C1CCC2(CC1)OCCO2. The van der Waals surface area contributed by atoms with Gasteiger partial charge in [-0.3, -0.25) is 4.90 Å². The van der Waals surface area contributed by atoms with Crippen molar-refractivity contribution < 1.29 is 19.0 Å². The number of hydrogen-bond acceptors (Lipinski definition) is 5. The number of anilines is 1. The van der Waals surface area contributed by atoms with Gasteiger partial charge in [-0.2, -0.15) is 0 Å². The van der Waals surface area contributed by atoms with Crippen LogP contribution in [0.2, 0.25) is 0 Å². The average Bonchev–Trinajstić information content (AvgIpc) is 3.12. The fourth-order valence-corrected chi connectivity index (χ4v) is 5.07. The van der Waals surface area contributed by atoms with Gasteiger partial charge in [-0.15, -0.1) is 0 Å². The van der Waals surface area contributed by atoms with E-state index in [9.17, 15) is 4.79 Å². The summed E-state index contributed by atoms with van der Waals surface area (Å²) in [5, 5.41) is 3.37. The molecule has 1 aromatic carbocycles. The van der Waals surface area contributed by atoms with Crippen LogP contribution in [0.3, 0.4) is 0 Å². The van der Waals surface area contributed by atoms with E-state index in [0.29, 0.717) is 13.2 Å². The lowest BCUT2D eigenvalue weighted by atomic mass is 9.81. The molecular formula is C20H26N2O4. The number of nitrogens with zero attached hydrogens (tertiary/aromatic N) is 1. The number of rotatable bonds is 1. The third-order valence-corrected chi connectivity index (χ3v) is 6.44. The maximum atomic E-state index is 13.1. The minimum absolute atomic E-state index is 0.140. The fourth-order valence-electron chi connectivity index (χ4n) is 5.07. The van der Waals surface area contributed by atoms with E-state index in [1.54, 1.807) is 0 Å². The molecule has 1 amide bonds. The summed E-state index contributed by atoms with van der Waals surface area (Å²) in [4.78, 5) is 15.0. The molecule has 1 N–H and O–H groups in total. The average molecular weight is 358 g/mol. The van der Waals surface area contributed by atoms with Crippen molar-refractivity contribution in [2.24, 2.45) is 0 Å². The Labute approximate surface area is 153 Å². The number of ether oxygens (including phenoxy) is 3. The summed E-state index contributed by atoms with van der Waals surface area (Å²) in [6, 6.07) is 8.42. The van der Waals surface area contributed by atoms with Crippen LogP contribution in [0.5, 0.6) is 0 Å². The number of fused-ring (bicyclic) bond motifs is 2. The Balaban J connectivity index is 1.44. The molecule has 6 heteroatoms. The molecule has 3 aliphatic heterocycles. The number of para-hydroxylation sites is 1. The molecule has 1 saturated carbocycles. The first kappa shape index (κ1) is 16.5. The number of nitrogens with one attached hydrogen (secondary N) is 1. The van der Waals surface area contributed by atoms with Gasteiger partial charge in [0.15, 0.2) is 5.79 Å². The maximum absolute atomic E-state index is 13.1. The van der Waals surface area contributed by atoms with E-state index in [0.717, 1.165) is 62.9 Å². The van der Waals surface area contributed by atoms with Crippen molar-refractivity contribution in [1.82, 2.24) is 5.32 Å². The Bertz CT molecular complexity index is 685. The quantitative estimate of drug-likeness (QED) is 0.836. The minimum Gasteiger partial charge on any atom is -0.437 e. The van der Waals surface area contributed by atoms with Crippen LogP contribution in [0.4, 0.5) is 10.5 Å². The van der Waals surface area contributed by atoms with E-state index in [1.165, 1.54) is 0 Å². The molecule has 0 atom stereocenters. The summed E-state index contributed by atoms with van der Waals surface area (Å²) < 4.78 is 17.8. The molecule has 2 spiro atoms. The number of hydrogen-bond donors (Lipinski definition) is 1. The third-order valence-electron chi connectivity index (χ3n) is 6.44. The van der Waals surface area contributed by atoms with Gasteiger partial charge in [0.05, 0.1) is 18.9 Å². The largest absolute Gasteiger partial charge is 0.437 e. The van der Waals surface area contributed by atoms with Crippen molar-refractivity contribution in [2.45, 2.75) is 56.0 Å².